The van der Waals surface area contributed by atoms with Gasteiger partial charge >= 0.3 is 0 Å². The molecule has 0 amide bonds. The maximum absolute atomic E-state index is 12.2. The Balaban J connectivity index is 2.55. The quantitative estimate of drug-likeness (QED) is 0.714. The zero-order valence-electron chi connectivity index (χ0n) is 11.2. The van der Waals surface area contributed by atoms with Crippen LogP contribution in [-0.2, 0) is 4.79 Å². The van der Waals surface area contributed by atoms with Crippen molar-refractivity contribution in [3.8, 4) is 0 Å². The minimum Gasteiger partial charge on any atom is -0.298 e. The molecule has 0 aromatic rings. The van der Waals surface area contributed by atoms with Crippen molar-refractivity contribution in [2.45, 2.75) is 71.3 Å². The second-order valence-electron chi connectivity index (χ2n) is 5.49. The van der Waals surface area contributed by atoms with E-state index in [2.05, 4.69) is 25.7 Å². The molecule has 0 spiro atoms. The topological polar surface area (TPSA) is 20.3 Å². The summed E-state index contributed by atoms with van der Waals surface area (Å²) in [7, 11) is 0. The smallest absolute Gasteiger partial charge is 0.152 e. The Hall–Kier alpha value is -0.370. The number of unbranched alkanes of at least 4 members (excludes halogenated alkanes) is 1. The normalized spacial score (nSPS) is 19.4. The van der Waals surface area contributed by atoms with Gasteiger partial charge in [0.1, 0.15) is 0 Å². The van der Waals surface area contributed by atoms with Crippen molar-refractivity contribution < 1.29 is 4.79 Å². The second-order valence-corrected chi connectivity index (χ2v) is 5.49. The Morgan fingerprint density at radius 3 is 2.19 bits per heavy atom. The minimum atomic E-state index is -0.237. The molecule has 94 valence electrons. The van der Waals surface area contributed by atoms with Crippen molar-refractivity contribution in [3.05, 3.63) is 0 Å². The van der Waals surface area contributed by atoms with E-state index < -0.39 is 0 Å². The van der Waals surface area contributed by atoms with Crippen LogP contribution in [0, 0.1) is 0 Å². The molecule has 1 aliphatic heterocycles. The maximum atomic E-state index is 12.2. The van der Waals surface area contributed by atoms with Crippen molar-refractivity contribution in [3.63, 3.8) is 0 Å². The number of nitrogens with zero attached hydrogens (tertiary/aromatic N) is 1. The first-order valence-corrected chi connectivity index (χ1v) is 6.87. The van der Waals surface area contributed by atoms with E-state index in [1.54, 1.807) is 0 Å². The van der Waals surface area contributed by atoms with E-state index in [0.717, 1.165) is 32.4 Å². The van der Waals surface area contributed by atoms with Crippen molar-refractivity contribution in [1.29, 1.82) is 0 Å². The molecular formula is C14H27NO. The van der Waals surface area contributed by atoms with E-state index in [0.29, 0.717) is 5.78 Å². The first kappa shape index (κ1) is 13.7. The van der Waals surface area contributed by atoms with Crippen LogP contribution in [0.5, 0.6) is 0 Å². The van der Waals surface area contributed by atoms with Crippen LogP contribution in [0.25, 0.3) is 0 Å². The zero-order valence-corrected chi connectivity index (χ0v) is 11.2. The number of ketones is 1. The Bertz CT molecular complexity index is 215. The molecule has 0 N–H and O–H groups in total. The first-order chi connectivity index (χ1) is 7.59. The monoisotopic (exact) mass is 225 g/mol. The lowest BCUT2D eigenvalue weighted by Gasteiger charge is -2.36. The first-order valence-electron chi connectivity index (χ1n) is 6.87. The lowest BCUT2D eigenvalue weighted by atomic mass is 9.92. The fourth-order valence-electron chi connectivity index (χ4n) is 2.45. The number of Topliss-reactive ketones (excluding diaryl/α,β-unsaturated/α-hetero) is 1. The van der Waals surface area contributed by atoms with Gasteiger partial charge in [0.25, 0.3) is 0 Å². The highest BCUT2D eigenvalue weighted by atomic mass is 16.1. The molecule has 0 saturated carbocycles. The molecule has 0 aliphatic carbocycles. The number of carbonyl (C=O) groups excluding carboxylic acids is 1. The zero-order chi connectivity index (χ0) is 12.0. The maximum Gasteiger partial charge on any atom is 0.152 e. The largest absolute Gasteiger partial charge is 0.298 e. The van der Waals surface area contributed by atoms with Gasteiger partial charge in [-0.25, -0.2) is 0 Å². The van der Waals surface area contributed by atoms with Crippen LogP contribution in [-0.4, -0.2) is 29.3 Å². The lowest BCUT2D eigenvalue weighted by molar-refractivity contribution is -0.129. The Kier molecular flexibility index (Phi) is 5.47. The highest BCUT2D eigenvalue weighted by Gasteiger charge is 2.33. The number of hydrogen-bond donors (Lipinski definition) is 0. The van der Waals surface area contributed by atoms with Crippen LogP contribution >= 0.6 is 0 Å². The van der Waals surface area contributed by atoms with Crippen LogP contribution in [0.1, 0.15) is 65.7 Å². The summed E-state index contributed by atoms with van der Waals surface area (Å²) in [5.41, 5.74) is -0.237. The minimum absolute atomic E-state index is 0.237. The van der Waals surface area contributed by atoms with E-state index in [-0.39, 0.29) is 5.54 Å². The number of rotatable bonds is 5. The van der Waals surface area contributed by atoms with Crippen LogP contribution in [0.3, 0.4) is 0 Å². The Morgan fingerprint density at radius 1 is 1.12 bits per heavy atom. The van der Waals surface area contributed by atoms with E-state index >= 15 is 0 Å². The summed E-state index contributed by atoms with van der Waals surface area (Å²) in [4.78, 5) is 14.6. The summed E-state index contributed by atoms with van der Waals surface area (Å²) in [6.45, 7) is 8.56. The van der Waals surface area contributed by atoms with Crippen molar-refractivity contribution in [2.24, 2.45) is 0 Å². The number of likely N-dealkylation sites (tertiary alicyclic amines) is 1. The molecule has 0 unspecified atom stereocenters. The molecule has 0 atom stereocenters. The van der Waals surface area contributed by atoms with E-state index in [9.17, 15) is 4.79 Å². The summed E-state index contributed by atoms with van der Waals surface area (Å²) < 4.78 is 0. The van der Waals surface area contributed by atoms with Gasteiger partial charge in [0.15, 0.2) is 5.78 Å². The van der Waals surface area contributed by atoms with Gasteiger partial charge in [-0.15, -0.1) is 0 Å². The van der Waals surface area contributed by atoms with Crippen molar-refractivity contribution in [1.82, 2.24) is 4.90 Å². The van der Waals surface area contributed by atoms with Crippen LogP contribution in [0.2, 0.25) is 0 Å². The van der Waals surface area contributed by atoms with Gasteiger partial charge in [0.2, 0.25) is 0 Å². The molecular weight excluding hydrogens is 198 g/mol. The van der Waals surface area contributed by atoms with Crippen molar-refractivity contribution in [2.75, 3.05) is 13.1 Å². The molecule has 1 fully saturated rings. The second kappa shape index (κ2) is 6.39. The highest BCUT2D eigenvalue weighted by Crippen LogP contribution is 2.22. The summed E-state index contributed by atoms with van der Waals surface area (Å²) >= 11 is 0. The van der Waals surface area contributed by atoms with E-state index in [1.165, 1.54) is 25.7 Å². The third-order valence-corrected chi connectivity index (χ3v) is 3.84. The molecule has 0 aromatic carbocycles. The molecule has 1 rings (SSSR count). The SMILES string of the molecule is CCCCC(=O)C(C)(C)N1CCCCCC1. The average molecular weight is 225 g/mol. The lowest BCUT2D eigenvalue weighted by Crippen LogP contribution is -2.50. The third kappa shape index (κ3) is 3.58. The van der Waals surface area contributed by atoms with Crippen molar-refractivity contribution >= 4 is 5.78 Å². The summed E-state index contributed by atoms with van der Waals surface area (Å²) in [6.07, 6.45) is 8.07. The van der Waals surface area contributed by atoms with E-state index in [4.69, 9.17) is 0 Å². The summed E-state index contributed by atoms with van der Waals surface area (Å²) in [6, 6.07) is 0. The van der Waals surface area contributed by atoms with Gasteiger partial charge in [0, 0.05) is 6.42 Å². The van der Waals surface area contributed by atoms with Gasteiger partial charge in [-0.3, -0.25) is 9.69 Å². The Labute approximate surface area is 100 Å². The van der Waals surface area contributed by atoms with Crippen LogP contribution in [0.15, 0.2) is 0 Å². The molecule has 16 heavy (non-hydrogen) atoms. The van der Waals surface area contributed by atoms with Crippen LogP contribution < -0.4 is 0 Å². The van der Waals surface area contributed by atoms with Gasteiger partial charge in [-0.2, -0.15) is 0 Å². The third-order valence-electron chi connectivity index (χ3n) is 3.84. The van der Waals surface area contributed by atoms with Crippen LogP contribution in [0.4, 0.5) is 0 Å². The molecule has 2 nitrogen and oxygen atoms in total. The molecule has 1 aliphatic rings. The highest BCUT2D eigenvalue weighted by molar-refractivity contribution is 5.87. The van der Waals surface area contributed by atoms with Gasteiger partial charge in [-0.05, 0) is 46.2 Å². The van der Waals surface area contributed by atoms with Gasteiger partial charge in [0.05, 0.1) is 5.54 Å². The predicted molar refractivity (Wildman–Crippen MR) is 68.7 cm³/mol. The van der Waals surface area contributed by atoms with Gasteiger partial charge in [-0.1, -0.05) is 26.2 Å². The number of hydrogen-bond acceptors (Lipinski definition) is 2. The fourth-order valence-corrected chi connectivity index (χ4v) is 2.45. The summed E-state index contributed by atoms with van der Waals surface area (Å²) in [5.74, 6) is 0.427. The standard InChI is InChI=1S/C14H27NO/c1-4-5-10-13(16)14(2,3)15-11-8-6-7-9-12-15/h4-12H2,1-3H3. The number of carbonyl (C=O) groups is 1. The van der Waals surface area contributed by atoms with Gasteiger partial charge < -0.3 is 0 Å². The fraction of sp³-hybridized carbons (Fsp3) is 0.929. The molecule has 0 radical (unpaired) electrons. The molecule has 0 aromatic heterocycles. The Morgan fingerprint density at radius 2 is 1.69 bits per heavy atom. The van der Waals surface area contributed by atoms with E-state index in [1.807, 2.05) is 0 Å². The summed E-state index contributed by atoms with van der Waals surface area (Å²) in [5, 5.41) is 0. The molecule has 1 heterocycles. The molecule has 1 saturated heterocycles. The molecule has 2 heteroatoms. The molecule has 0 bridgehead atoms. The predicted octanol–water partition coefficient (Wildman–Crippen LogP) is 3.40. The average Bonchev–Trinajstić information content (AvgIpc) is 2.54.